The molecule has 1 heterocycles. The second kappa shape index (κ2) is 7.13. The van der Waals surface area contributed by atoms with Crippen LogP contribution >= 0.6 is 29.6 Å². The zero-order chi connectivity index (χ0) is 15.6. The molecule has 0 nitrogen and oxygen atoms in total. The van der Waals surface area contributed by atoms with E-state index in [0.717, 1.165) is 0 Å². The second-order valence-corrected chi connectivity index (χ2v) is 14.5. The van der Waals surface area contributed by atoms with Crippen LogP contribution in [0.3, 0.4) is 0 Å². The maximum Gasteiger partial charge on any atom is 0.0870 e. The van der Waals surface area contributed by atoms with Gasteiger partial charge in [0.25, 0.3) is 0 Å². The van der Waals surface area contributed by atoms with Gasteiger partial charge in [0, 0.05) is 16.5 Å². The van der Waals surface area contributed by atoms with Crippen LogP contribution in [0.1, 0.15) is 20.3 Å². The summed E-state index contributed by atoms with van der Waals surface area (Å²) in [5, 5.41) is 4.08. The Kier molecular flexibility index (Phi) is 5.39. The van der Waals surface area contributed by atoms with E-state index in [4.69, 9.17) is 11.8 Å². The molecule has 4 heteroatoms. The van der Waals surface area contributed by atoms with Gasteiger partial charge in [-0.05, 0) is 17.0 Å². The molecule has 0 N–H and O–H groups in total. The molecular formula is C18H21PS3. The van der Waals surface area contributed by atoms with Gasteiger partial charge in [0.2, 0.25) is 0 Å². The van der Waals surface area contributed by atoms with E-state index in [2.05, 4.69) is 98.0 Å². The van der Waals surface area contributed by atoms with Crippen LogP contribution in [0.4, 0.5) is 0 Å². The summed E-state index contributed by atoms with van der Waals surface area (Å²) in [6.45, 7) is 4.70. The van der Waals surface area contributed by atoms with E-state index in [9.17, 15) is 0 Å². The minimum absolute atomic E-state index is 0.478. The van der Waals surface area contributed by atoms with Crippen molar-refractivity contribution in [3.8, 4) is 0 Å². The van der Waals surface area contributed by atoms with Gasteiger partial charge in [-0.25, -0.2) is 0 Å². The van der Waals surface area contributed by atoms with Crippen LogP contribution in [0.25, 0.3) is 0 Å². The van der Waals surface area contributed by atoms with Gasteiger partial charge in [-0.1, -0.05) is 86.3 Å². The first-order valence-electron chi connectivity index (χ1n) is 7.62. The fourth-order valence-electron chi connectivity index (χ4n) is 2.87. The molecule has 0 amide bonds. The van der Waals surface area contributed by atoms with E-state index in [1.807, 2.05) is 0 Å². The molecule has 3 rings (SSSR count). The van der Waals surface area contributed by atoms with Crippen molar-refractivity contribution in [1.29, 1.82) is 0 Å². The molecule has 0 saturated carbocycles. The lowest BCUT2D eigenvalue weighted by Crippen LogP contribution is -2.28. The molecule has 1 aliphatic heterocycles. The third-order valence-corrected chi connectivity index (χ3v) is 14.4. The highest BCUT2D eigenvalue weighted by Crippen LogP contribution is 2.62. The first kappa shape index (κ1) is 16.6. The fraction of sp³-hybridized carbons (Fsp3) is 0.333. The Morgan fingerprint density at radius 1 is 0.818 bits per heavy atom. The minimum atomic E-state index is -1.81. The monoisotopic (exact) mass is 364 g/mol. The molecule has 0 bridgehead atoms. The Labute approximate surface area is 147 Å². The third kappa shape index (κ3) is 3.33. The average Bonchev–Trinajstić information content (AvgIpc) is 2.55. The molecule has 116 valence electrons. The standard InChI is InChI=1S/C18H21PS3/c1-14-13-15(2)22-18(21-14)19(20,16-9-5-3-6-10-16)17-11-7-4-8-12-17/h3-12,14-15,18H,13H2,1-2H3/t14-,15+,18?. The SMILES string of the molecule is C[C@@H]1C[C@H](C)SC(P(=S)(c2ccccc2)c2ccccc2)S1. The summed E-state index contributed by atoms with van der Waals surface area (Å²) in [5.41, 5.74) is 0. The molecule has 1 fully saturated rings. The Bertz CT molecular complexity index is 603. The van der Waals surface area contributed by atoms with E-state index < -0.39 is 6.04 Å². The van der Waals surface area contributed by atoms with Crippen molar-refractivity contribution in [3.05, 3.63) is 60.7 Å². The summed E-state index contributed by atoms with van der Waals surface area (Å²) in [7, 11) is 0. The number of thioether (sulfide) groups is 2. The van der Waals surface area contributed by atoms with E-state index in [1.165, 1.54) is 17.0 Å². The summed E-state index contributed by atoms with van der Waals surface area (Å²) in [4.78, 5) is 0. The lowest BCUT2D eigenvalue weighted by atomic mass is 10.3. The lowest BCUT2D eigenvalue weighted by molar-refractivity contribution is 0.797. The van der Waals surface area contributed by atoms with Crippen molar-refractivity contribution in [2.75, 3.05) is 0 Å². The highest BCUT2D eigenvalue weighted by atomic mass is 32.5. The minimum Gasteiger partial charge on any atom is -0.138 e. The van der Waals surface area contributed by atoms with Crippen molar-refractivity contribution < 1.29 is 0 Å². The van der Waals surface area contributed by atoms with Gasteiger partial charge >= 0.3 is 0 Å². The quantitative estimate of drug-likeness (QED) is 0.700. The summed E-state index contributed by atoms with van der Waals surface area (Å²) < 4.78 is 0.478. The van der Waals surface area contributed by atoms with Gasteiger partial charge in [0.15, 0.2) is 0 Å². The van der Waals surface area contributed by atoms with Gasteiger partial charge in [-0.3, -0.25) is 0 Å². The van der Waals surface area contributed by atoms with Crippen LogP contribution in [0.2, 0.25) is 0 Å². The molecule has 0 radical (unpaired) electrons. The van der Waals surface area contributed by atoms with E-state index in [1.54, 1.807) is 0 Å². The Morgan fingerprint density at radius 2 is 1.23 bits per heavy atom. The fourth-order valence-corrected chi connectivity index (χ4v) is 13.7. The summed E-state index contributed by atoms with van der Waals surface area (Å²) in [6, 6.07) is 19.8. The highest BCUT2D eigenvalue weighted by molar-refractivity contribution is 8.37. The van der Waals surface area contributed by atoms with Crippen molar-refractivity contribution in [1.82, 2.24) is 0 Å². The maximum atomic E-state index is 6.43. The molecule has 22 heavy (non-hydrogen) atoms. The average molecular weight is 365 g/mol. The molecule has 1 saturated heterocycles. The predicted molar refractivity (Wildman–Crippen MR) is 109 cm³/mol. The first-order chi connectivity index (χ1) is 10.6. The smallest absolute Gasteiger partial charge is 0.0870 e. The van der Waals surface area contributed by atoms with E-state index in [0.29, 0.717) is 14.8 Å². The van der Waals surface area contributed by atoms with Crippen LogP contribution in [-0.2, 0) is 11.8 Å². The Hall–Kier alpha value is -0.210. The number of benzene rings is 2. The van der Waals surface area contributed by atoms with Crippen LogP contribution in [0.5, 0.6) is 0 Å². The van der Waals surface area contributed by atoms with Gasteiger partial charge in [-0.15, -0.1) is 23.5 Å². The molecule has 3 atom stereocenters. The van der Waals surface area contributed by atoms with Gasteiger partial charge in [0.1, 0.15) is 0 Å². The first-order valence-corrected chi connectivity index (χ1v) is 12.4. The molecule has 0 aliphatic carbocycles. The normalized spacial score (nSPS) is 25.8. The number of hydrogen-bond donors (Lipinski definition) is 0. The lowest BCUT2D eigenvalue weighted by Gasteiger charge is -2.38. The largest absolute Gasteiger partial charge is 0.138 e. The van der Waals surface area contributed by atoms with Gasteiger partial charge in [0.05, 0.1) is 4.32 Å². The molecule has 2 aromatic rings. The zero-order valence-corrected chi connectivity index (χ0v) is 16.2. The summed E-state index contributed by atoms with van der Waals surface area (Å²) >= 11 is 10.6. The van der Waals surface area contributed by atoms with Crippen LogP contribution in [0, 0.1) is 0 Å². The van der Waals surface area contributed by atoms with E-state index >= 15 is 0 Å². The second-order valence-electron chi connectivity index (χ2n) is 5.77. The van der Waals surface area contributed by atoms with Crippen molar-refractivity contribution in [2.45, 2.75) is 35.1 Å². The predicted octanol–water partition coefficient (Wildman–Crippen LogP) is 5.05. The molecular weight excluding hydrogens is 343 g/mol. The summed E-state index contributed by atoms with van der Waals surface area (Å²) in [5.74, 6) is 0. The van der Waals surface area contributed by atoms with Crippen molar-refractivity contribution >= 4 is 52.0 Å². The Morgan fingerprint density at radius 3 is 1.64 bits per heavy atom. The van der Waals surface area contributed by atoms with E-state index in [-0.39, 0.29) is 0 Å². The molecule has 1 unspecified atom stereocenters. The third-order valence-electron chi connectivity index (χ3n) is 3.94. The van der Waals surface area contributed by atoms with Crippen LogP contribution < -0.4 is 10.6 Å². The topological polar surface area (TPSA) is 0 Å². The van der Waals surface area contributed by atoms with Crippen LogP contribution in [-0.4, -0.2) is 14.8 Å². The number of hydrogen-bond acceptors (Lipinski definition) is 3. The Balaban J connectivity index is 2.10. The molecule has 0 spiro atoms. The summed E-state index contributed by atoms with van der Waals surface area (Å²) in [6.07, 6.45) is 1.28. The maximum absolute atomic E-state index is 6.43. The van der Waals surface area contributed by atoms with Crippen molar-refractivity contribution in [2.24, 2.45) is 0 Å². The van der Waals surface area contributed by atoms with Crippen molar-refractivity contribution in [3.63, 3.8) is 0 Å². The van der Waals surface area contributed by atoms with Crippen LogP contribution in [0.15, 0.2) is 60.7 Å². The number of rotatable bonds is 3. The molecule has 0 aromatic heterocycles. The van der Waals surface area contributed by atoms with Gasteiger partial charge in [-0.2, -0.15) is 0 Å². The zero-order valence-electron chi connectivity index (χ0n) is 12.9. The molecule has 2 aromatic carbocycles. The molecule has 1 aliphatic rings. The van der Waals surface area contributed by atoms with Gasteiger partial charge < -0.3 is 0 Å². The highest BCUT2D eigenvalue weighted by Gasteiger charge is 2.38.